The maximum atomic E-state index is 2.29. The minimum atomic E-state index is 1.13. The van der Waals surface area contributed by atoms with E-state index in [4.69, 9.17) is 0 Å². The van der Waals surface area contributed by atoms with Crippen LogP contribution in [0.5, 0.6) is 0 Å². The highest BCUT2D eigenvalue weighted by atomic mass is 32.2. The molecule has 0 heterocycles. The van der Waals surface area contributed by atoms with Crippen LogP contribution >= 0.6 is 11.8 Å². The quantitative estimate of drug-likeness (QED) is 0.587. The lowest BCUT2D eigenvalue weighted by molar-refractivity contribution is 1.22. The summed E-state index contributed by atoms with van der Waals surface area (Å²) in [6, 6.07) is 4.54. The normalized spacial score (nSPS) is 7.89. The summed E-state index contributed by atoms with van der Waals surface area (Å²) in [4.78, 5) is 0. The second kappa shape index (κ2) is 16.6. The van der Waals surface area contributed by atoms with Gasteiger partial charge in [-0.1, -0.05) is 59.2 Å². The van der Waals surface area contributed by atoms with Gasteiger partial charge in [0.2, 0.25) is 0 Å². The van der Waals surface area contributed by atoms with Crippen molar-refractivity contribution in [1.29, 1.82) is 0 Å². The summed E-state index contributed by atoms with van der Waals surface area (Å²) in [7, 11) is 0. The molecule has 0 aromatic heterocycles. The molecule has 0 spiro atoms. The lowest BCUT2D eigenvalue weighted by Gasteiger charge is -2.08. The lowest BCUT2D eigenvalue weighted by atomic mass is 10.0. The fourth-order valence-electron chi connectivity index (χ4n) is 1.43. The molecular weight excluding hydrogens is 236 g/mol. The molecule has 0 nitrogen and oxygen atoms in total. The van der Waals surface area contributed by atoms with Crippen LogP contribution in [0, 0.1) is 20.8 Å². The second-order valence-electron chi connectivity index (χ2n) is 3.30. The smallest absolute Gasteiger partial charge is 0.0184 e. The van der Waals surface area contributed by atoms with Gasteiger partial charge in [-0.15, -0.1) is 0 Å². The molecule has 1 aromatic carbocycles. The lowest BCUT2D eigenvalue weighted by Crippen LogP contribution is -1.91. The van der Waals surface area contributed by atoms with Gasteiger partial charge in [0.25, 0.3) is 0 Å². The monoisotopic (exact) mass is 270 g/mol. The van der Waals surface area contributed by atoms with Gasteiger partial charge >= 0.3 is 0 Å². The maximum absolute atomic E-state index is 2.29. The first-order valence-corrected chi connectivity index (χ1v) is 8.60. The fourth-order valence-corrected chi connectivity index (χ4v) is 2.04. The Morgan fingerprint density at radius 1 is 0.833 bits per heavy atom. The summed E-state index contributed by atoms with van der Waals surface area (Å²) in [6.45, 7) is 18.6. The summed E-state index contributed by atoms with van der Waals surface area (Å²) < 4.78 is 0. The van der Waals surface area contributed by atoms with Gasteiger partial charge in [-0.2, -0.15) is 11.8 Å². The van der Waals surface area contributed by atoms with Crippen LogP contribution in [0.3, 0.4) is 0 Å². The number of hydrogen-bond acceptors (Lipinski definition) is 1. The van der Waals surface area contributed by atoms with Crippen LogP contribution in [0.2, 0.25) is 0 Å². The van der Waals surface area contributed by atoms with Gasteiger partial charge in [0.1, 0.15) is 0 Å². The Morgan fingerprint density at radius 3 is 1.67 bits per heavy atom. The Labute approximate surface area is 121 Å². The topological polar surface area (TPSA) is 0 Å². The van der Waals surface area contributed by atoms with Crippen molar-refractivity contribution in [2.24, 2.45) is 0 Å². The van der Waals surface area contributed by atoms with Gasteiger partial charge in [-0.05, 0) is 43.7 Å². The van der Waals surface area contributed by atoms with Crippen molar-refractivity contribution in [1.82, 2.24) is 0 Å². The number of thioether (sulfide) groups is 1. The van der Waals surface area contributed by atoms with E-state index in [1.54, 1.807) is 0 Å². The highest BCUT2D eigenvalue weighted by Crippen LogP contribution is 2.19. The predicted octanol–water partition coefficient (Wildman–Crippen LogP) is 6.55. The average molecular weight is 271 g/mol. The van der Waals surface area contributed by atoms with E-state index in [1.165, 1.54) is 22.3 Å². The van der Waals surface area contributed by atoms with E-state index in [0.717, 1.165) is 5.75 Å². The van der Waals surface area contributed by atoms with E-state index >= 15 is 0 Å². The van der Waals surface area contributed by atoms with Crippen molar-refractivity contribution in [3.63, 3.8) is 0 Å². The zero-order valence-corrected chi connectivity index (χ0v) is 15.1. The molecular formula is C17H34S. The SMILES string of the molecule is CC.CC.CC.CSCc1cc(C)cc(C)c1C. The molecule has 108 valence electrons. The van der Waals surface area contributed by atoms with Crippen LogP contribution in [-0.4, -0.2) is 6.26 Å². The molecule has 0 aliphatic rings. The van der Waals surface area contributed by atoms with Crippen molar-refractivity contribution in [3.8, 4) is 0 Å². The van der Waals surface area contributed by atoms with Gasteiger partial charge in [0.05, 0.1) is 0 Å². The molecule has 0 bridgehead atoms. The summed E-state index contributed by atoms with van der Waals surface area (Å²) in [5, 5.41) is 0. The van der Waals surface area contributed by atoms with Crippen molar-refractivity contribution in [2.75, 3.05) is 6.26 Å². The highest BCUT2D eigenvalue weighted by molar-refractivity contribution is 7.97. The van der Waals surface area contributed by atoms with E-state index < -0.39 is 0 Å². The van der Waals surface area contributed by atoms with Gasteiger partial charge in [0.15, 0.2) is 0 Å². The zero-order chi connectivity index (χ0) is 15.1. The van der Waals surface area contributed by atoms with Gasteiger partial charge in [-0.3, -0.25) is 0 Å². The molecule has 0 saturated heterocycles. The molecule has 0 aliphatic heterocycles. The molecule has 0 aliphatic carbocycles. The third-order valence-electron chi connectivity index (χ3n) is 2.22. The summed E-state index contributed by atoms with van der Waals surface area (Å²) >= 11 is 1.89. The standard InChI is InChI=1S/C11H16S.3C2H6/c1-8-5-9(2)10(3)11(6-8)7-12-4;3*1-2/h5-6H,7H2,1-4H3;3*1-2H3. The maximum Gasteiger partial charge on any atom is 0.0184 e. The van der Waals surface area contributed by atoms with Crippen LogP contribution in [0.25, 0.3) is 0 Å². The Morgan fingerprint density at radius 2 is 1.28 bits per heavy atom. The van der Waals surface area contributed by atoms with Crippen LogP contribution in [0.1, 0.15) is 63.8 Å². The molecule has 1 heteroatoms. The average Bonchev–Trinajstić information content (AvgIpc) is 2.43. The van der Waals surface area contributed by atoms with Crippen molar-refractivity contribution >= 4 is 11.8 Å². The Kier molecular flexibility index (Phi) is 20.9. The van der Waals surface area contributed by atoms with E-state index in [1.807, 2.05) is 53.3 Å². The first-order valence-electron chi connectivity index (χ1n) is 7.21. The molecule has 1 aromatic rings. The Balaban J connectivity index is -0.000000328. The summed E-state index contributed by atoms with van der Waals surface area (Å²) in [6.07, 6.45) is 2.15. The van der Waals surface area contributed by atoms with Crippen LogP contribution in [0.15, 0.2) is 12.1 Å². The Hall–Kier alpha value is -0.430. The van der Waals surface area contributed by atoms with Gasteiger partial charge in [-0.25, -0.2) is 0 Å². The largest absolute Gasteiger partial charge is 0.161 e. The minimum absolute atomic E-state index is 1.13. The summed E-state index contributed by atoms with van der Waals surface area (Å²) in [5.74, 6) is 1.13. The molecule has 0 fully saturated rings. The third kappa shape index (κ3) is 9.58. The third-order valence-corrected chi connectivity index (χ3v) is 2.82. The molecule has 0 saturated carbocycles. The van der Waals surface area contributed by atoms with Crippen molar-refractivity contribution in [2.45, 2.75) is 68.1 Å². The number of rotatable bonds is 2. The van der Waals surface area contributed by atoms with E-state index in [2.05, 4.69) is 39.2 Å². The van der Waals surface area contributed by atoms with Gasteiger partial charge < -0.3 is 0 Å². The van der Waals surface area contributed by atoms with Crippen molar-refractivity contribution < 1.29 is 0 Å². The van der Waals surface area contributed by atoms with Gasteiger partial charge in [0, 0.05) is 5.75 Å². The number of hydrogen-bond donors (Lipinski definition) is 0. The fraction of sp³-hybridized carbons (Fsp3) is 0.647. The zero-order valence-electron chi connectivity index (χ0n) is 14.3. The highest BCUT2D eigenvalue weighted by Gasteiger charge is 2.00. The van der Waals surface area contributed by atoms with Crippen LogP contribution < -0.4 is 0 Å². The molecule has 0 radical (unpaired) electrons. The number of benzene rings is 1. The molecule has 0 atom stereocenters. The van der Waals surface area contributed by atoms with E-state index in [-0.39, 0.29) is 0 Å². The second-order valence-corrected chi connectivity index (χ2v) is 4.16. The minimum Gasteiger partial charge on any atom is -0.161 e. The molecule has 0 N–H and O–H groups in total. The van der Waals surface area contributed by atoms with Crippen LogP contribution in [0.4, 0.5) is 0 Å². The number of aryl methyl sites for hydroxylation is 2. The Bertz CT molecular complexity index is 277. The van der Waals surface area contributed by atoms with Crippen molar-refractivity contribution in [3.05, 3.63) is 34.4 Å². The molecule has 0 unspecified atom stereocenters. The van der Waals surface area contributed by atoms with E-state index in [0.29, 0.717) is 0 Å². The summed E-state index contributed by atoms with van der Waals surface area (Å²) in [5.41, 5.74) is 5.73. The van der Waals surface area contributed by atoms with Crippen LogP contribution in [-0.2, 0) is 5.75 Å². The molecule has 0 amide bonds. The first kappa shape index (κ1) is 22.7. The molecule has 1 rings (SSSR count). The first-order chi connectivity index (χ1) is 8.65. The predicted molar refractivity (Wildman–Crippen MR) is 91.9 cm³/mol. The molecule has 18 heavy (non-hydrogen) atoms. The van der Waals surface area contributed by atoms with E-state index in [9.17, 15) is 0 Å².